The molecule has 2 aliphatic carbocycles. The molecule has 0 bridgehead atoms. The van der Waals surface area contributed by atoms with Crippen LogP contribution in [0.3, 0.4) is 0 Å². The van der Waals surface area contributed by atoms with Crippen LogP contribution in [-0.4, -0.2) is 29.1 Å². The summed E-state index contributed by atoms with van der Waals surface area (Å²) >= 11 is 0. The first-order valence-corrected chi connectivity index (χ1v) is 6.98. The van der Waals surface area contributed by atoms with E-state index in [1.54, 1.807) is 0 Å². The van der Waals surface area contributed by atoms with Crippen molar-refractivity contribution < 1.29 is 19.4 Å². The number of Topliss-reactive ketones (excluding diaryl/α,β-unsaturated/α-hetero) is 1. The molecule has 1 heterocycles. The third kappa shape index (κ3) is 1.49. The highest BCUT2D eigenvalue weighted by molar-refractivity contribution is 5.92. The van der Waals surface area contributed by atoms with Crippen molar-refractivity contribution in [1.82, 2.24) is 0 Å². The van der Waals surface area contributed by atoms with E-state index in [0.717, 1.165) is 6.42 Å². The summed E-state index contributed by atoms with van der Waals surface area (Å²) in [6.07, 6.45) is 0.885. The van der Waals surface area contributed by atoms with Gasteiger partial charge >= 0.3 is 5.97 Å². The first kappa shape index (κ1) is 12.9. The van der Waals surface area contributed by atoms with Gasteiger partial charge in [-0.1, -0.05) is 13.5 Å². The van der Waals surface area contributed by atoms with Crippen LogP contribution in [0.25, 0.3) is 0 Å². The second-order valence-electron chi connectivity index (χ2n) is 6.50. The lowest BCUT2D eigenvalue weighted by molar-refractivity contribution is -0.140. The van der Waals surface area contributed by atoms with Crippen LogP contribution in [0.1, 0.15) is 33.1 Å². The second-order valence-corrected chi connectivity index (χ2v) is 6.50. The molecule has 2 saturated carbocycles. The van der Waals surface area contributed by atoms with Crippen molar-refractivity contribution in [2.45, 2.75) is 45.3 Å². The molecule has 104 valence electrons. The maximum atomic E-state index is 12.3. The lowest BCUT2D eigenvalue weighted by Gasteiger charge is -2.37. The van der Waals surface area contributed by atoms with Crippen LogP contribution >= 0.6 is 0 Å². The van der Waals surface area contributed by atoms with Gasteiger partial charge in [0.25, 0.3) is 0 Å². The van der Waals surface area contributed by atoms with Gasteiger partial charge < -0.3 is 9.84 Å². The zero-order valence-corrected chi connectivity index (χ0v) is 11.4. The zero-order valence-electron chi connectivity index (χ0n) is 11.4. The topological polar surface area (TPSA) is 63.6 Å². The number of hydrogen-bond acceptors (Lipinski definition) is 4. The van der Waals surface area contributed by atoms with E-state index in [9.17, 15) is 14.7 Å². The van der Waals surface area contributed by atoms with E-state index in [-0.39, 0.29) is 23.7 Å². The van der Waals surface area contributed by atoms with Crippen molar-refractivity contribution in [1.29, 1.82) is 0 Å². The Kier molecular flexibility index (Phi) is 2.65. The van der Waals surface area contributed by atoms with Gasteiger partial charge in [0.2, 0.25) is 0 Å². The average molecular weight is 264 g/mol. The Bertz CT molecular complexity index is 469. The van der Waals surface area contributed by atoms with Gasteiger partial charge in [-0.2, -0.15) is 0 Å². The Balaban J connectivity index is 2.07. The number of carbonyl (C=O) groups excluding carboxylic acids is 2. The maximum absolute atomic E-state index is 12.3. The molecular weight excluding hydrogens is 244 g/mol. The third-order valence-electron chi connectivity index (χ3n) is 5.62. The molecule has 3 aliphatic rings. The molecule has 0 aromatic rings. The van der Waals surface area contributed by atoms with Gasteiger partial charge in [0, 0.05) is 12.0 Å². The van der Waals surface area contributed by atoms with Crippen molar-refractivity contribution in [3.05, 3.63) is 12.2 Å². The molecule has 0 amide bonds. The fourth-order valence-electron chi connectivity index (χ4n) is 4.46. The van der Waals surface area contributed by atoms with Crippen LogP contribution in [-0.2, 0) is 14.3 Å². The molecule has 4 heteroatoms. The van der Waals surface area contributed by atoms with Crippen molar-refractivity contribution in [2.24, 2.45) is 23.2 Å². The van der Waals surface area contributed by atoms with Crippen molar-refractivity contribution >= 4 is 11.8 Å². The zero-order chi connectivity index (χ0) is 13.9. The Labute approximate surface area is 112 Å². The Hall–Kier alpha value is -1.16. The first-order chi connectivity index (χ1) is 8.87. The minimum Gasteiger partial charge on any atom is -0.458 e. The van der Waals surface area contributed by atoms with Crippen LogP contribution in [0.15, 0.2) is 12.2 Å². The molecule has 1 saturated heterocycles. The summed E-state index contributed by atoms with van der Waals surface area (Å²) in [7, 11) is 0. The standard InChI is InChI=1S/C15H20O4/c1-7-6-10-12(8(2)14(18)19-10)13(17)15(3)9(7)4-5-11(15)16/h7,9-10,12-13,17H,2,4-6H2,1,3H3/t7?,9?,10?,12-,13?,15?/m1/s1. The first-order valence-electron chi connectivity index (χ1n) is 6.98. The molecule has 0 aromatic carbocycles. The lowest BCUT2D eigenvalue weighted by atomic mass is 9.68. The molecule has 1 N–H and O–H groups in total. The monoisotopic (exact) mass is 264 g/mol. The molecule has 4 nitrogen and oxygen atoms in total. The van der Waals surface area contributed by atoms with Gasteiger partial charge in [0.1, 0.15) is 11.9 Å². The molecule has 1 aliphatic heterocycles. The molecular formula is C15H20O4. The number of ether oxygens (including phenoxy) is 1. The lowest BCUT2D eigenvalue weighted by Crippen LogP contribution is -2.46. The van der Waals surface area contributed by atoms with E-state index in [1.807, 2.05) is 6.92 Å². The summed E-state index contributed by atoms with van der Waals surface area (Å²) < 4.78 is 5.33. The Morgan fingerprint density at radius 3 is 2.79 bits per heavy atom. The van der Waals surface area contributed by atoms with Crippen molar-refractivity contribution in [2.75, 3.05) is 0 Å². The summed E-state index contributed by atoms with van der Waals surface area (Å²) in [5.74, 6) is -0.294. The molecule has 19 heavy (non-hydrogen) atoms. The molecule has 6 atom stereocenters. The van der Waals surface area contributed by atoms with Crippen LogP contribution < -0.4 is 0 Å². The predicted molar refractivity (Wildman–Crippen MR) is 68.1 cm³/mol. The third-order valence-corrected chi connectivity index (χ3v) is 5.62. The van der Waals surface area contributed by atoms with Crippen LogP contribution in [0.5, 0.6) is 0 Å². The molecule has 0 spiro atoms. The molecule has 5 unspecified atom stereocenters. The molecule has 0 radical (unpaired) electrons. The average Bonchev–Trinajstić information content (AvgIpc) is 2.77. The molecule has 0 aromatic heterocycles. The normalized spacial score (nSPS) is 49.6. The van der Waals surface area contributed by atoms with E-state index in [1.165, 1.54) is 0 Å². The van der Waals surface area contributed by atoms with Crippen LogP contribution in [0.4, 0.5) is 0 Å². The minimum absolute atomic E-state index is 0.115. The number of hydrogen-bond donors (Lipinski definition) is 1. The second kappa shape index (κ2) is 3.92. The predicted octanol–water partition coefficient (Wildman–Crippen LogP) is 1.47. The SMILES string of the molecule is C=C1C(=O)OC2CC(C)C3CCC(=O)C3(C)C(O)[C@H]12. The number of ketones is 1. The number of esters is 1. The summed E-state index contributed by atoms with van der Waals surface area (Å²) in [4.78, 5) is 24.0. The fourth-order valence-corrected chi connectivity index (χ4v) is 4.46. The highest BCUT2D eigenvalue weighted by atomic mass is 16.6. The summed E-state index contributed by atoms with van der Waals surface area (Å²) in [5.41, 5.74) is -0.429. The Morgan fingerprint density at radius 1 is 1.42 bits per heavy atom. The number of fused-ring (bicyclic) bond motifs is 2. The molecule has 3 rings (SSSR count). The van der Waals surface area contributed by atoms with Gasteiger partial charge in [0.05, 0.1) is 17.4 Å². The number of aliphatic hydroxyl groups is 1. The number of carbonyl (C=O) groups is 2. The van der Waals surface area contributed by atoms with Gasteiger partial charge in [-0.05, 0) is 31.6 Å². The quantitative estimate of drug-likeness (QED) is 0.531. The van der Waals surface area contributed by atoms with Gasteiger partial charge in [-0.3, -0.25) is 4.79 Å². The summed E-state index contributed by atoms with van der Waals surface area (Å²) in [6, 6.07) is 0. The number of rotatable bonds is 0. The van der Waals surface area contributed by atoms with E-state index < -0.39 is 23.4 Å². The fraction of sp³-hybridized carbons (Fsp3) is 0.733. The highest BCUT2D eigenvalue weighted by Crippen LogP contribution is 2.55. The van der Waals surface area contributed by atoms with E-state index in [2.05, 4.69) is 13.5 Å². The number of aliphatic hydroxyl groups excluding tert-OH is 1. The van der Waals surface area contributed by atoms with E-state index in [0.29, 0.717) is 18.4 Å². The van der Waals surface area contributed by atoms with Gasteiger partial charge in [0.15, 0.2) is 0 Å². The minimum atomic E-state index is -0.860. The van der Waals surface area contributed by atoms with E-state index >= 15 is 0 Å². The van der Waals surface area contributed by atoms with Crippen LogP contribution in [0, 0.1) is 23.2 Å². The van der Waals surface area contributed by atoms with Gasteiger partial charge in [-0.25, -0.2) is 4.79 Å². The summed E-state index contributed by atoms with van der Waals surface area (Å²) in [5, 5.41) is 10.8. The van der Waals surface area contributed by atoms with Crippen molar-refractivity contribution in [3.63, 3.8) is 0 Å². The van der Waals surface area contributed by atoms with Crippen LogP contribution in [0.2, 0.25) is 0 Å². The summed E-state index contributed by atoms with van der Waals surface area (Å²) in [6.45, 7) is 7.70. The van der Waals surface area contributed by atoms with E-state index in [4.69, 9.17) is 4.74 Å². The molecule has 3 fully saturated rings. The Morgan fingerprint density at radius 2 is 2.11 bits per heavy atom. The largest absolute Gasteiger partial charge is 0.458 e. The smallest absolute Gasteiger partial charge is 0.334 e. The highest BCUT2D eigenvalue weighted by Gasteiger charge is 2.61. The maximum Gasteiger partial charge on any atom is 0.334 e. The van der Waals surface area contributed by atoms with Gasteiger partial charge in [-0.15, -0.1) is 0 Å². The van der Waals surface area contributed by atoms with Crippen molar-refractivity contribution in [3.8, 4) is 0 Å².